The van der Waals surface area contributed by atoms with Crippen molar-refractivity contribution in [2.75, 3.05) is 6.26 Å². The number of rotatable bonds is 5. The van der Waals surface area contributed by atoms with Gasteiger partial charge in [0, 0.05) is 6.26 Å². The zero-order chi connectivity index (χ0) is 17.0. The van der Waals surface area contributed by atoms with Crippen LogP contribution in [0, 0.1) is 0 Å². The van der Waals surface area contributed by atoms with E-state index < -0.39 is 9.84 Å². The predicted octanol–water partition coefficient (Wildman–Crippen LogP) is 4.34. The quantitative estimate of drug-likeness (QED) is 0.695. The van der Waals surface area contributed by atoms with Crippen molar-refractivity contribution in [3.05, 3.63) is 84.4 Å². The Bertz CT molecular complexity index is 915. The summed E-state index contributed by atoms with van der Waals surface area (Å²) in [5, 5.41) is 0. The average Bonchev–Trinajstić information content (AvgIpc) is 2.60. The third kappa shape index (κ3) is 4.03. The second kappa shape index (κ2) is 6.89. The van der Waals surface area contributed by atoms with E-state index in [4.69, 9.17) is 4.74 Å². The van der Waals surface area contributed by atoms with E-state index in [0.29, 0.717) is 11.5 Å². The fourth-order valence-electron chi connectivity index (χ4n) is 2.40. The molecule has 0 saturated carbocycles. The van der Waals surface area contributed by atoms with Crippen molar-refractivity contribution in [2.45, 2.75) is 11.5 Å². The van der Waals surface area contributed by atoms with Gasteiger partial charge in [-0.25, -0.2) is 8.42 Å². The van der Waals surface area contributed by atoms with Crippen molar-refractivity contribution in [3.63, 3.8) is 0 Å². The van der Waals surface area contributed by atoms with E-state index >= 15 is 0 Å². The Morgan fingerprint density at radius 2 is 1.50 bits per heavy atom. The monoisotopic (exact) mass is 338 g/mol. The van der Waals surface area contributed by atoms with E-state index in [-0.39, 0.29) is 0 Å². The molecule has 0 aromatic heterocycles. The molecule has 0 bridgehead atoms. The van der Waals surface area contributed by atoms with Gasteiger partial charge in [-0.05, 0) is 41.0 Å². The topological polar surface area (TPSA) is 43.4 Å². The third-order valence-corrected chi connectivity index (χ3v) is 4.83. The lowest BCUT2D eigenvalue weighted by Gasteiger charge is -2.09. The molecule has 0 aliphatic heterocycles. The first-order valence-electron chi connectivity index (χ1n) is 7.60. The zero-order valence-corrected chi connectivity index (χ0v) is 14.2. The lowest BCUT2D eigenvalue weighted by atomic mass is 10.1. The van der Waals surface area contributed by atoms with Gasteiger partial charge in [-0.1, -0.05) is 54.6 Å². The summed E-state index contributed by atoms with van der Waals surface area (Å²) in [6.45, 7) is 0.511. The van der Waals surface area contributed by atoms with Crippen LogP contribution in [0.3, 0.4) is 0 Å². The fourth-order valence-corrected chi connectivity index (χ4v) is 3.03. The van der Waals surface area contributed by atoms with Crippen LogP contribution in [0.4, 0.5) is 0 Å². The summed E-state index contributed by atoms with van der Waals surface area (Å²) in [7, 11) is -3.17. The molecule has 0 amide bonds. The maximum atomic E-state index is 11.5. The maximum Gasteiger partial charge on any atom is 0.175 e. The number of ether oxygens (including phenoxy) is 1. The highest BCUT2D eigenvalue weighted by Crippen LogP contribution is 2.25. The van der Waals surface area contributed by atoms with Crippen LogP contribution in [0.2, 0.25) is 0 Å². The van der Waals surface area contributed by atoms with Gasteiger partial charge >= 0.3 is 0 Å². The smallest absolute Gasteiger partial charge is 0.175 e. The third-order valence-electron chi connectivity index (χ3n) is 3.70. The molecule has 3 rings (SSSR count). The van der Waals surface area contributed by atoms with E-state index in [1.165, 1.54) is 6.26 Å². The summed E-state index contributed by atoms with van der Waals surface area (Å²) >= 11 is 0. The van der Waals surface area contributed by atoms with Crippen molar-refractivity contribution in [2.24, 2.45) is 0 Å². The molecule has 122 valence electrons. The van der Waals surface area contributed by atoms with Gasteiger partial charge in [0.05, 0.1) is 4.90 Å². The highest BCUT2D eigenvalue weighted by atomic mass is 32.2. The van der Waals surface area contributed by atoms with Gasteiger partial charge < -0.3 is 4.74 Å². The molecule has 3 aromatic rings. The second-order valence-corrected chi connectivity index (χ2v) is 7.61. The molecule has 24 heavy (non-hydrogen) atoms. The van der Waals surface area contributed by atoms with Crippen molar-refractivity contribution >= 4 is 9.84 Å². The van der Waals surface area contributed by atoms with Crippen LogP contribution in [-0.2, 0) is 16.4 Å². The molecule has 0 aliphatic rings. The molecule has 0 aliphatic carbocycles. The Hall–Kier alpha value is -2.59. The molecule has 0 fully saturated rings. The van der Waals surface area contributed by atoms with Crippen molar-refractivity contribution in [3.8, 4) is 16.9 Å². The molecule has 0 heterocycles. The number of hydrogen-bond acceptors (Lipinski definition) is 3. The Morgan fingerprint density at radius 3 is 2.17 bits per heavy atom. The van der Waals surface area contributed by atoms with Gasteiger partial charge in [0.1, 0.15) is 12.4 Å². The first-order chi connectivity index (χ1) is 11.5. The standard InChI is InChI=1S/C20H18O3S/c1-24(21,22)20-12-10-17(11-13-20)18-8-5-9-19(14-18)23-15-16-6-3-2-4-7-16/h2-14H,15H2,1H3. The van der Waals surface area contributed by atoms with Crippen LogP contribution in [0.15, 0.2) is 83.8 Å². The Balaban J connectivity index is 1.77. The minimum absolute atomic E-state index is 0.322. The Labute approximate surface area is 142 Å². The first kappa shape index (κ1) is 16.3. The Kier molecular flexibility index (Phi) is 4.67. The van der Waals surface area contributed by atoms with Crippen LogP contribution in [0.25, 0.3) is 11.1 Å². The number of hydrogen-bond donors (Lipinski definition) is 0. The highest BCUT2D eigenvalue weighted by molar-refractivity contribution is 7.90. The van der Waals surface area contributed by atoms with Crippen LogP contribution >= 0.6 is 0 Å². The SMILES string of the molecule is CS(=O)(=O)c1ccc(-c2cccc(OCc3ccccc3)c2)cc1. The Morgan fingerprint density at radius 1 is 0.792 bits per heavy atom. The molecule has 3 aromatic carbocycles. The van der Waals surface area contributed by atoms with E-state index in [1.807, 2.05) is 66.7 Å². The average molecular weight is 338 g/mol. The molecule has 0 spiro atoms. The van der Waals surface area contributed by atoms with Gasteiger partial charge in [0.25, 0.3) is 0 Å². The summed E-state index contributed by atoms with van der Waals surface area (Å²) in [4.78, 5) is 0.322. The summed E-state index contributed by atoms with van der Waals surface area (Å²) in [6, 6.07) is 24.6. The molecule has 0 unspecified atom stereocenters. The molecule has 0 atom stereocenters. The lowest BCUT2D eigenvalue weighted by Crippen LogP contribution is -1.96. The first-order valence-corrected chi connectivity index (χ1v) is 9.49. The molecular weight excluding hydrogens is 320 g/mol. The predicted molar refractivity (Wildman–Crippen MR) is 95.8 cm³/mol. The largest absolute Gasteiger partial charge is 0.489 e. The maximum absolute atomic E-state index is 11.5. The van der Waals surface area contributed by atoms with Gasteiger partial charge in [0.15, 0.2) is 9.84 Å². The van der Waals surface area contributed by atoms with E-state index in [9.17, 15) is 8.42 Å². The number of benzene rings is 3. The van der Waals surface area contributed by atoms with Gasteiger partial charge in [-0.3, -0.25) is 0 Å². The van der Waals surface area contributed by atoms with E-state index in [1.54, 1.807) is 12.1 Å². The van der Waals surface area contributed by atoms with Crippen molar-refractivity contribution in [1.29, 1.82) is 0 Å². The van der Waals surface area contributed by atoms with Crippen LogP contribution in [-0.4, -0.2) is 14.7 Å². The molecule has 4 heteroatoms. The molecular formula is C20H18O3S. The van der Waals surface area contributed by atoms with Crippen LogP contribution < -0.4 is 4.74 Å². The molecule has 0 radical (unpaired) electrons. The molecule has 3 nitrogen and oxygen atoms in total. The highest BCUT2D eigenvalue weighted by Gasteiger charge is 2.07. The second-order valence-electron chi connectivity index (χ2n) is 5.60. The summed E-state index contributed by atoms with van der Waals surface area (Å²) < 4.78 is 28.9. The number of sulfone groups is 1. The summed E-state index contributed by atoms with van der Waals surface area (Å²) in [5.74, 6) is 0.781. The molecule has 0 N–H and O–H groups in total. The van der Waals surface area contributed by atoms with Crippen LogP contribution in [0.1, 0.15) is 5.56 Å². The minimum Gasteiger partial charge on any atom is -0.489 e. The fraction of sp³-hybridized carbons (Fsp3) is 0.100. The van der Waals surface area contributed by atoms with Crippen molar-refractivity contribution < 1.29 is 13.2 Å². The summed E-state index contributed by atoms with van der Waals surface area (Å²) in [6.07, 6.45) is 1.21. The van der Waals surface area contributed by atoms with Crippen molar-refractivity contribution in [1.82, 2.24) is 0 Å². The minimum atomic E-state index is -3.17. The van der Waals surface area contributed by atoms with E-state index in [2.05, 4.69) is 0 Å². The normalized spacial score (nSPS) is 11.2. The van der Waals surface area contributed by atoms with E-state index in [0.717, 1.165) is 22.4 Å². The zero-order valence-electron chi connectivity index (χ0n) is 13.3. The lowest BCUT2D eigenvalue weighted by molar-refractivity contribution is 0.306. The van der Waals surface area contributed by atoms with Crippen LogP contribution in [0.5, 0.6) is 5.75 Å². The van der Waals surface area contributed by atoms with Gasteiger partial charge in [0.2, 0.25) is 0 Å². The van der Waals surface area contributed by atoms with Gasteiger partial charge in [-0.15, -0.1) is 0 Å². The summed E-state index contributed by atoms with van der Waals surface area (Å²) in [5.41, 5.74) is 3.05. The molecule has 0 saturated heterocycles. The van der Waals surface area contributed by atoms with Gasteiger partial charge in [-0.2, -0.15) is 0 Å².